The van der Waals surface area contributed by atoms with E-state index < -0.39 is 0 Å². The first-order valence-electron chi connectivity index (χ1n) is 6.85. The van der Waals surface area contributed by atoms with E-state index in [1.54, 1.807) is 12.1 Å². The van der Waals surface area contributed by atoms with E-state index in [2.05, 4.69) is 37.7 Å². The van der Waals surface area contributed by atoms with Crippen molar-refractivity contribution in [3.63, 3.8) is 0 Å². The number of hydrogen-bond acceptors (Lipinski definition) is 4. The van der Waals surface area contributed by atoms with Gasteiger partial charge in [0, 0.05) is 12.1 Å². The number of phenolic OH excluding ortho intramolecular Hbond substituents is 2. The Bertz CT molecular complexity index is 373. The van der Waals surface area contributed by atoms with Crippen LogP contribution >= 0.6 is 0 Å². The average Bonchev–Trinajstić information content (AvgIpc) is 2.32. The Balaban J connectivity index is 2.68. The summed E-state index contributed by atoms with van der Waals surface area (Å²) in [5.74, 6) is 0.234. The van der Waals surface area contributed by atoms with E-state index in [1.807, 2.05) is 0 Å². The van der Waals surface area contributed by atoms with Crippen molar-refractivity contribution in [2.75, 3.05) is 33.7 Å². The summed E-state index contributed by atoms with van der Waals surface area (Å²) < 4.78 is 0. The van der Waals surface area contributed by atoms with Gasteiger partial charge in [-0.25, -0.2) is 0 Å². The summed E-state index contributed by atoms with van der Waals surface area (Å²) in [7, 11) is 4.15. The molecule has 1 aromatic rings. The van der Waals surface area contributed by atoms with Crippen molar-refractivity contribution < 1.29 is 10.2 Å². The highest BCUT2D eigenvalue weighted by atomic mass is 16.3. The second kappa shape index (κ2) is 7.36. The van der Waals surface area contributed by atoms with Crippen LogP contribution in [0.1, 0.15) is 31.9 Å². The normalized spacial score (nSPS) is 13.2. The molecule has 108 valence electrons. The molecule has 0 aliphatic heterocycles. The van der Waals surface area contributed by atoms with Gasteiger partial charge in [-0.3, -0.25) is 4.90 Å². The predicted molar refractivity (Wildman–Crippen MR) is 78.6 cm³/mol. The molecule has 0 heterocycles. The molecule has 2 N–H and O–H groups in total. The third-order valence-corrected chi connectivity index (χ3v) is 3.41. The molecule has 1 rings (SSSR count). The van der Waals surface area contributed by atoms with Crippen LogP contribution in [-0.2, 0) is 0 Å². The third kappa shape index (κ3) is 5.09. The number of rotatable bonds is 7. The Morgan fingerprint density at radius 3 is 2.11 bits per heavy atom. The largest absolute Gasteiger partial charge is 0.508 e. The summed E-state index contributed by atoms with van der Waals surface area (Å²) in [6.45, 7) is 7.26. The summed E-state index contributed by atoms with van der Waals surface area (Å²) in [4.78, 5) is 4.52. The lowest BCUT2D eigenvalue weighted by Gasteiger charge is -2.28. The minimum Gasteiger partial charge on any atom is -0.508 e. The summed E-state index contributed by atoms with van der Waals surface area (Å²) in [6, 6.07) is 4.99. The van der Waals surface area contributed by atoms with E-state index >= 15 is 0 Å². The maximum atomic E-state index is 9.56. The quantitative estimate of drug-likeness (QED) is 0.796. The van der Waals surface area contributed by atoms with Crippen molar-refractivity contribution in [3.8, 4) is 11.5 Å². The van der Waals surface area contributed by atoms with Crippen LogP contribution < -0.4 is 0 Å². The van der Waals surface area contributed by atoms with Gasteiger partial charge in [-0.2, -0.15) is 0 Å². The average molecular weight is 266 g/mol. The monoisotopic (exact) mass is 266 g/mol. The zero-order valence-electron chi connectivity index (χ0n) is 12.4. The van der Waals surface area contributed by atoms with Gasteiger partial charge in [-0.05, 0) is 64.8 Å². The molecule has 0 radical (unpaired) electrons. The van der Waals surface area contributed by atoms with Crippen LogP contribution in [0.15, 0.2) is 18.2 Å². The van der Waals surface area contributed by atoms with Crippen molar-refractivity contribution in [2.45, 2.75) is 26.3 Å². The molecule has 0 saturated carbocycles. The van der Waals surface area contributed by atoms with Gasteiger partial charge in [-0.1, -0.05) is 6.92 Å². The molecule has 0 bridgehead atoms. The molecule has 0 aliphatic rings. The highest BCUT2D eigenvalue weighted by Crippen LogP contribution is 2.28. The highest BCUT2D eigenvalue weighted by molar-refractivity contribution is 5.37. The smallest absolute Gasteiger partial charge is 0.119 e. The Labute approximate surface area is 116 Å². The highest BCUT2D eigenvalue weighted by Gasteiger charge is 2.15. The molecule has 0 fully saturated rings. The molecule has 1 aromatic carbocycles. The van der Waals surface area contributed by atoms with Crippen molar-refractivity contribution in [1.29, 1.82) is 0 Å². The van der Waals surface area contributed by atoms with Crippen molar-refractivity contribution >= 4 is 0 Å². The minimum atomic E-state index is 0.117. The maximum absolute atomic E-state index is 9.56. The van der Waals surface area contributed by atoms with Gasteiger partial charge in [0.25, 0.3) is 0 Å². The lowest BCUT2D eigenvalue weighted by atomic mass is 10.1. The van der Waals surface area contributed by atoms with Crippen molar-refractivity contribution in [1.82, 2.24) is 9.80 Å². The molecule has 4 heteroatoms. The first kappa shape index (κ1) is 15.8. The zero-order valence-corrected chi connectivity index (χ0v) is 12.4. The Kier molecular flexibility index (Phi) is 6.12. The minimum absolute atomic E-state index is 0.117. The molecule has 1 atom stereocenters. The molecular formula is C15H26N2O2. The van der Waals surface area contributed by atoms with E-state index in [1.165, 1.54) is 6.07 Å². The van der Waals surface area contributed by atoms with Gasteiger partial charge in [0.2, 0.25) is 0 Å². The maximum Gasteiger partial charge on any atom is 0.119 e. The van der Waals surface area contributed by atoms with Gasteiger partial charge in [0.05, 0.1) is 0 Å². The lowest BCUT2D eigenvalue weighted by molar-refractivity contribution is 0.209. The molecular weight excluding hydrogens is 240 g/mol. The fraction of sp³-hybridized carbons (Fsp3) is 0.600. The molecule has 0 saturated heterocycles. The predicted octanol–water partition coefficient (Wildman–Crippen LogP) is 2.43. The lowest BCUT2D eigenvalue weighted by Crippen LogP contribution is -2.29. The van der Waals surface area contributed by atoms with E-state index in [4.69, 9.17) is 0 Å². The summed E-state index contributed by atoms with van der Waals surface area (Å²) >= 11 is 0. The van der Waals surface area contributed by atoms with E-state index in [-0.39, 0.29) is 17.5 Å². The van der Waals surface area contributed by atoms with Gasteiger partial charge in [0.1, 0.15) is 11.5 Å². The summed E-state index contributed by atoms with van der Waals surface area (Å²) in [6.07, 6.45) is 1.11. The van der Waals surface area contributed by atoms with Crippen LogP contribution in [0.4, 0.5) is 0 Å². The Morgan fingerprint density at radius 2 is 1.63 bits per heavy atom. The zero-order chi connectivity index (χ0) is 14.4. The second-order valence-corrected chi connectivity index (χ2v) is 5.24. The van der Waals surface area contributed by atoms with Crippen LogP contribution in [0, 0.1) is 0 Å². The van der Waals surface area contributed by atoms with Crippen LogP contribution in [0.25, 0.3) is 0 Å². The first-order valence-corrected chi connectivity index (χ1v) is 6.85. The summed E-state index contributed by atoms with van der Waals surface area (Å²) in [5.41, 5.74) is 0.948. The SMILES string of the molecule is CCN(CCCN(C)C)C(C)c1cc(O)cc(O)c1. The number of nitrogens with zero attached hydrogens (tertiary/aromatic N) is 2. The number of hydrogen-bond donors (Lipinski definition) is 2. The fourth-order valence-corrected chi connectivity index (χ4v) is 2.29. The number of benzene rings is 1. The van der Waals surface area contributed by atoms with Crippen LogP contribution in [-0.4, -0.2) is 53.7 Å². The van der Waals surface area contributed by atoms with Crippen LogP contribution in [0.2, 0.25) is 0 Å². The Morgan fingerprint density at radius 1 is 1.05 bits per heavy atom. The van der Waals surface area contributed by atoms with Crippen LogP contribution in [0.5, 0.6) is 11.5 Å². The van der Waals surface area contributed by atoms with E-state index in [0.717, 1.165) is 31.6 Å². The van der Waals surface area contributed by atoms with Gasteiger partial charge >= 0.3 is 0 Å². The Hall–Kier alpha value is -1.26. The second-order valence-electron chi connectivity index (χ2n) is 5.24. The summed E-state index contributed by atoms with van der Waals surface area (Å²) in [5, 5.41) is 19.1. The molecule has 4 nitrogen and oxygen atoms in total. The van der Waals surface area contributed by atoms with Crippen LogP contribution in [0.3, 0.4) is 0 Å². The molecule has 1 unspecified atom stereocenters. The molecule has 0 aliphatic carbocycles. The first-order chi connectivity index (χ1) is 8.93. The molecule has 0 amide bonds. The van der Waals surface area contributed by atoms with Gasteiger partial charge in [0.15, 0.2) is 0 Å². The fourth-order valence-electron chi connectivity index (χ4n) is 2.29. The molecule has 0 spiro atoms. The van der Waals surface area contributed by atoms with Crippen molar-refractivity contribution in [2.24, 2.45) is 0 Å². The van der Waals surface area contributed by atoms with E-state index in [0.29, 0.717) is 0 Å². The van der Waals surface area contributed by atoms with Gasteiger partial charge < -0.3 is 15.1 Å². The third-order valence-electron chi connectivity index (χ3n) is 3.41. The van der Waals surface area contributed by atoms with E-state index in [9.17, 15) is 10.2 Å². The molecule has 19 heavy (non-hydrogen) atoms. The standard InChI is InChI=1S/C15H26N2O2/c1-5-17(8-6-7-16(3)4)12(2)13-9-14(18)11-15(19)10-13/h9-12,18-19H,5-8H2,1-4H3. The number of aromatic hydroxyl groups is 2. The number of phenols is 2. The van der Waals surface area contributed by atoms with Gasteiger partial charge in [-0.15, -0.1) is 0 Å². The van der Waals surface area contributed by atoms with Crippen molar-refractivity contribution in [3.05, 3.63) is 23.8 Å². The molecule has 0 aromatic heterocycles. The topological polar surface area (TPSA) is 46.9 Å².